The lowest BCUT2D eigenvalue weighted by molar-refractivity contribution is -0.141. The van der Waals surface area contributed by atoms with Crippen LogP contribution in [-0.4, -0.2) is 73.9 Å². The van der Waals surface area contributed by atoms with Gasteiger partial charge in [0.15, 0.2) is 0 Å². The number of tetrazole rings is 1. The van der Waals surface area contributed by atoms with Crippen LogP contribution in [0.3, 0.4) is 0 Å². The third-order valence-corrected chi connectivity index (χ3v) is 6.17. The van der Waals surface area contributed by atoms with E-state index in [4.69, 9.17) is 4.74 Å². The molecule has 0 N–H and O–H groups in total. The predicted molar refractivity (Wildman–Crippen MR) is 104 cm³/mol. The first-order chi connectivity index (χ1) is 13.0. The third kappa shape index (κ3) is 4.81. The zero-order valence-electron chi connectivity index (χ0n) is 15.4. The summed E-state index contributed by atoms with van der Waals surface area (Å²) in [6.45, 7) is 5.03. The first kappa shape index (κ1) is 19.7. The van der Waals surface area contributed by atoms with Crippen LogP contribution < -0.4 is 0 Å². The molecule has 0 spiro atoms. The van der Waals surface area contributed by atoms with Crippen LogP contribution in [-0.2, 0) is 14.3 Å². The lowest BCUT2D eigenvalue weighted by atomic mass is 10.1. The largest absolute Gasteiger partial charge is 0.468 e. The van der Waals surface area contributed by atoms with Crippen molar-refractivity contribution in [3.8, 4) is 5.69 Å². The van der Waals surface area contributed by atoms with E-state index >= 15 is 0 Å². The molecule has 0 unspecified atom stereocenters. The summed E-state index contributed by atoms with van der Waals surface area (Å²) >= 11 is 2.81. The minimum atomic E-state index is -0.321. The number of rotatable bonds is 5. The van der Waals surface area contributed by atoms with E-state index in [0.29, 0.717) is 18.2 Å². The zero-order chi connectivity index (χ0) is 19.4. The lowest BCUT2D eigenvalue weighted by Gasteiger charge is -2.30. The first-order valence-electron chi connectivity index (χ1n) is 8.45. The molecule has 2 aromatic rings. The van der Waals surface area contributed by atoms with Gasteiger partial charge in [-0.3, -0.25) is 9.59 Å². The lowest BCUT2D eigenvalue weighted by Crippen LogP contribution is -2.45. The Labute approximate surface area is 166 Å². The Morgan fingerprint density at radius 1 is 1.30 bits per heavy atom. The van der Waals surface area contributed by atoms with Gasteiger partial charge in [-0.1, -0.05) is 17.8 Å². The number of ether oxygens (including phenoxy) is 1. The fourth-order valence-electron chi connectivity index (χ4n) is 2.87. The summed E-state index contributed by atoms with van der Waals surface area (Å²) in [6.07, 6.45) is 0. The van der Waals surface area contributed by atoms with Crippen molar-refractivity contribution in [2.24, 2.45) is 0 Å². The number of aromatic nitrogens is 4. The summed E-state index contributed by atoms with van der Waals surface area (Å²) in [6, 6.07) is 6.08. The molecule has 1 atom stereocenters. The van der Waals surface area contributed by atoms with Gasteiger partial charge < -0.3 is 9.64 Å². The van der Waals surface area contributed by atoms with Crippen molar-refractivity contribution in [3.05, 3.63) is 29.3 Å². The number of hydrogen-bond donors (Lipinski definition) is 0. The number of amides is 1. The van der Waals surface area contributed by atoms with Gasteiger partial charge >= 0.3 is 5.97 Å². The van der Waals surface area contributed by atoms with E-state index in [1.807, 2.05) is 26.0 Å². The minimum absolute atomic E-state index is 0.0378. The number of aryl methyl sites for hydroxylation is 2. The molecular formula is C17H21N5O3S2. The van der Waals surface area contributed by atoms with E-state index in [9.17, 15) is 9.59 Å². The Morgan fingerprint density at radius 2 is 2.04 bits per heavy atom. The molecule has 144 valence electrons. The molecule has 1 amide bonds. The van der Waals surface area contributed by atoms with Gasteiger partial charge in [-0.05, 0) is 47.5 Å². The van der Waals surface area contributed by atoms with E-state index in [0.717, 1.165) is 22.6 Å². The molecule has 1 aliphatic rings. The number of nitrogens with zero attached hydrogens (tertiary/aromatic N) is 5. The number of hydrogen-bond acceptors (Lipinski definition) is 8. The van der Waals surface area contributed by atoms with E-state index in [2.05, 4.69) is 21.6 Å². The second kappa shape index (κ2) is 8.75. The standard InChI is InChI=1S/C17H21N5O3S2/c1-11-6-12(2)8-13(7-11)22-17(18-19-20-22)27-10-15(23)21-4-5-26-14(9-21)16(24)25-3/h6-8,14H,4-5,9-10H2,1-3H3/t14-/m1/s1. The average Bonchev–Trinajstić information content (AvgIpc) is 3.13. The van der Waals surface area contributed by atoms with Gasteiger partial charge in [0, 0.05) is 18.8 Å². The van der Waals surface area contributed by atoms with Crippen LogP contribution in [0.5, 0.6) is 0 Å². The van der Waals surface area contributed by atoms with Crippen LogP contribution in [0.1, 0.15) is 11.1 Å². The zero-order valence-corrected chi connectivity index (χ0v) is 17.0. The number of thioether (sulfide) groups is 2. The summed E-state index contributed by atoms with van der Waals surface area (Å²) in [7, 11) is 1.37. The van der Waals surface area contributed by atoms with Crippen LogP contribution >= 0.6 is 23.5 Å². The summed E-state index contributed by atoms with van der Waals surface area (Å²) in [4.78, 5) is 26.0. The summed E-state index contributed by atoms with van der Waals surface area (Å²) in [5, 5.41) is 12.1. The highest BCUT2D eigenvalue weighted by Crippen LogP contribution is 2.23. The molecule has 1 fully saturated rings. The van der Waals surface area contributed by atoms with Gasteiger partial charge in [-0.25, -0.2) is 0 Å². The van der Waals surface area contributed by atoms with Gasteiger partial charge in [0.1, 0.15) is 5.25 Å². The Hall–Kier alpha value is -2.07. The van der Waals surface area contributed by atoms with Crippen molar-refractivity contribution >= 4 is 35.4 Å². The maximum Gasteiger partial charge on any atom is 0.320 e. The molecule has 2 heterocycles. The number of benzene rings is 1. The number of carbonyl (C=O) groups is 2. The highest BCUT2D eigenvalue weighted by molar-refractivity contribution is 8.00. The first-order valence-corrected chi connectivity index (χ1v) is 10.5. The molecule has 27 heavy (non-hydrogen) atoms. The summed E-state index contributed by atoms with van der Waals surface area (Å²) in [5.74, 6) is 0.605. The quantitative estimate of drug-likeness (QED) is 0.544. The normalized spacial score (nSPS) is 17.0. The highest BCUT2D eigenvalue weighted by atomic mass is 32.2. The van der Waals surface area contributed by atoms with Crippen LogP contribution in [0.15, 0.2) is 23.4 Å². The van der Waals surface area contributed by atoms with Gasteiger partial charge in [0.2, 0.25) is 11.1 Å². The molecule has 8 nitrogen and oxygen atoms in total. The van der Waals surface area contributed by atoms with Crippen molar-refractivity contribution in [3.63, 3.8) is 0 Å². The van der Waals surface area contributed by atoms with E-state index in [1.165, 1.54) is 30.6 Å². The summed E-state index contributed by atoms with van der Waals surface area (Å²) in [5.41, 5.74) is 3.10. The van der Waals surface area contributed by atoms with E-state index in [-0.39, 0.29) is 22.9 Å². The Balaban J connectivity index is 1.65. The van der Waals surface area contributed by atoms with Crippen LogP contribution in [0.2, 0.25) is 0 Å². The molecule has 1 saturated heterocycles. The molecule has 0 bridgehead atoms. The molecule has 0 radical (unpaired) electrons. The SMILES string of the molecule is COC(=O)[C@H]1CN(C(=O)CSc2nnnn2-c2cc(C)cc(C)c2)CCS1. The van der Waals surface area contributed by atoms with E-state index < -0.39 is 0 Å². The van der Waals surface area contributed by atoms with Crippen LogP contribution in [0, 0.1) is 13.8 Å². The van der Waals surface area contributed by atoms with Gasteiger partial charge in [-0.15, -0.1) is 16.9 Å². The third-order valence-electron chi connectivity index (χ3n) is 4.10. The monoisotopic (exact) mass is 407 g/mol. The van der Waals surface area contributed by atoms with Gasteiger partial charge in [0.25, 0.3) is 0 Å². The maximum atomic E-state index is 12.6. The average molecular weight is 408 g/mol. The Kier molecular flexibility index (Phi) is 6.38. The van der Waals surface area contributed by atoms with Crippen molar-refractivity contribution in [1.29, 1.82) is 0 Å². The Bertz CT molecular complexity index is 821. The predicted octanol–water partition coefficient (Wildman–Crippen LogP) is 1.49. The molecule has 1 aromatic carbocycles. The molecule has 3 rings (SSSR count). The van der Waals surface area contributed by atoms with Crippen molar-refractivity contribution < 1.29 is 14.3 Å². The smallest absolute Gasteiger partial charge is 0.320 e. The molecule has 1 aromatic heterocycles. The number of esters is 1. The molecule has 1 aliphatic heterocycles. The number of methoxy groups -OCH3 is 1. The van der Waals surface area contributed by atoms with E-state index in [1.54, 1.807) is 9.58 Å². The molecular weight excluding hydrogens is 386 g/mol. The van der Waals surface area contributed by atoms with Gasteiger partial charge in [0.05, 0.1) is 18.6 Å². The van der Waals surface area contributed by atoms with Crippen LogP contribution in [0.4, 0.5) is 0 Å². The second-order valence-electron chi connectivity index (χ2n) is 6.23. The van der Waals surface area contributed by atoms with Crippen LogP contribution in [0.25, 0.3) is 5.69 Å². The topological polar surface area (TPSA) is 90.2 Å². The van der Waals surface area contributed by atoms with Crippen molar-refractivity contribution in [2.75, 3.05) is 31.7 Å². The molecule has 0 aliphatic carbocycles. The fourth-order valence-corrected chi connectivity index (χ4v) is 4.79. The maximum absolute atomic E-state index is 12.6. The second-order valence-corrected chi connectivity index (χ2v) is 8.48. The minimum Gasteiger partial charge on any atom is -0.468 e. The highest BCUT2D eigenvalue weighted by Gasteiger charge is 2.29. The Morgan fingerprint density at radius 3 is 2.74 bits per heavy atom. The molecule has 10 heteroatoms. The van der Waals surface area contributed by atoms with Crippen molar-refractivity contribution in [1.82, 2.24) is 25.1 Å². The molecule has 0 saturated carbocycles. The van der Waals surface area contributed by atoms with Crippen molar-refractivity contribution in [2.45, 2.75) is 24.3 Å². The summed E-state index contributed by atoms with van der Waals surface area (Å²) < 4.78 is 6.43. The van der Waals surface area contributed by atoms with Gasteiger partial charge in [-0.2, -0.15) is 4.68 Å². The number of carbonyl (C=O) groups excluding carboxylic acids is 2. The fraction of sp³-hybridized carbons (Fsp3) is 0.471.